The van der Waals surface area contributed by atoms with Crippen molar-refractivity contribution in [2.24, 2.45) is 0 Å². The lowest BCUT2D eigenvalue weighted by molar-refractivity contribution is -0.141. The Kier molecular flexibility index (Phi) is 4.87. The Hall–Kier alpha value is -3.87. The number of aromatic nitrogens is 1. The predicted molar refractivity (Wildman–Crippen MR) is 107 cm³/mol. The minimum absolute atomic E-state index is 0.0562. The number of hydrogen-bond acceptors (Lipinski definition) is 4. The normalized spacial score (nSPS) is 15.2. The minimum atomic E-state index is -0.455. The molecular formula is C22H19N3O4. The molecule has 0 bridgehead atoms. The lowest BCUT2D eigenvalue weighted by Gasteiger charge is -2.11. The molecule has 1 aliphatic heterocycles. The van der Waals surface area contributed by atoms with Gasteiger partial charge < -0.3 is 14.6 Å². The molecule has 1 fully saturated rings. The Balaban J connectivity index is 1.66. The Labute approximate surface area is 167 Å². The summed E-state index contributed by atoms with van der Waals surface area (Å²) >= 11 is 0. The second-order valence-corrected chi connectivity index (χ2v) is 6.67. The van der Waals surface area contributed by atoms with E-state index in [0.717, 1.165) is 22.0 Å². The lowest BCUT2D eigenvalue weighted by Crippen LogP contribution is -2.30. The molecule has 1 N–H and O–H groups in total. The van der Waals surface area contributed by atoms with Crippen LogP contribution >= 0.6 is 0 Å². The summed E-state index contributed by atoms with van der Waals surface area (Å²) < 4.78 is 6.52. The maximum atomic E-state index is 12.8. The molecule has 7 heteroatoms. The molecule has 0 saturated carbocycles. The van der Waals surface area contributed by atoms with E-state index in [4.69, 9.17) is 4.74 Å². The fraction of sp³-hybridized carbons (Fsp3) is 0.136. The highest BCUT2D eigenvalue weighted by atomic mass is 16.5. The summed E-state index contributed by atoms with van der Waals surface area (Å²) in [6.07, 6.45) is 3.41. The Morgan fingerprint density at radius 2 is 1.79 bits per heavy atom. The number of rotatable bonds is 5. The third kappa shape index (κ3) is 3.62. The molecule has 0 atom stereocenters. The van der Waals surface area contributed by atoms with Gasteiger partial charge in [0.1, 0.15) is 12.2 Å². The van der Waals surface area contributed by atoms with Crippen LogP contribution in [0.25, 0.3) is 17.0 Å². The van der Waals surface area contributed by atoms with Crippen molar-refractivity contribution in [2.45, 2.75) is 13.1 Å². The van der Waals surface area contributed by atoms with Crippen molar-refractivity contribution in [3.8, 4) is 0 Å². The molecule has 29 heavy (non-hydrogen) atoms. The zero-order chi connectivity index (χ0) is 20.4. The van der Waals surface area contributed by atoms with Crippen LogP contribution in [-0.4, -0.2) is 34.5 Å². The second kappa shape index (κ2) is 7.63. The van der Waals surface area contributed by atoms with Gasteiger partial charge in [0.05, 0.1) is 13.7 Å². The van der Waals surface area contributed by atoms with Crippen LogP contribution < -0.4 is 5.32 Å². The van der Waals surface area contributed by atoms with E-state index < -0.39 is 6.03 Å². The predicted octanol–water partition coefficient (Wildman–Crippen LogP) is 2.91. The van der Waals surface area contributed by atoms with Gasteiger partial charge in [0.25, 0.3) is 5.91 Å². The lowest BCUT2D eigenvalue weighted by atomic mass is 10.1. The molecule has 1 aromatic heterocycles. The molecule has 0 spiro atoms. The highest BCUT2D eigenvalue weighted by Gasteiger charge is 2.33. The summed E-state index contributed by atoms with van der Waals surface area (Å²) in [5.41, 5.74) is 2.64. The smallest absolute Gasteiger partial charge is 0.329 e. The summed E-state index contributed by atoms with van der Waals surface area (Å²) in [5.74, 6) is -0.757. The van der Waals surface area contributed by atoms with E-state index in [0.29, 0.717) is 0 Å². The highest BCUT2D eigenvalue weighted by Crippen LogP contribution is 2.25. The van der Waals surface area contributed by atoms with Gasteiger partial charge in [-0.05, 0) is 17.7 Å². The maximum absolute atomic E-state index is 12.8. The first kappa shape index (κ1) is 18.5. The molecule has 2 heterocycles. The van der Waals surface area contributed by atoms with E-state index in [1.807, 2.05) is 54.6 Å². The molecule has 3 amide bonds. The summed E-state index contributed by atoms with van der Waals surface area (Å²) in [6, 6.07) is 16.4. The number of nitrogens with zero attached hydrogens (tertiary/aromatic N) is 2. The van der Waals surface area contributed by atoms with E-state index in [1.165, 1.54) is 12.0 Å². The molecule has 2 aromatic carbocycles. The zero-order valence-electron chi connectivity index (χ0n) is 15.8. The summed E-state index contributed by atoms with van der Waals surface area (Å²) in [4.78, 5) is 38.0. The highest BCUT2D eigenvalue weighted by molar-refractivity contribution is 6.14. The molecule has 0 radical (unpaired) electrons. The molecule has 0 unspecified atom stereocenters. The zero-order valence-corrected chi connectivity index (χ0v) is 15.8. The van der Waals surface area contributed by atoms with Gasteiger partial charge in [0.15, 0.2) is 0 Å². The van der Waals surface area contributed by atoms with Crippen molar-refractivity contribution in [1.29, 1.82) is 0 Å². The van der Waals surface area contributed by atoms with E-state index in [2.05, 4.69) is 5.32 Å². The molecule has 4 rings (SSSR count). The number of benzene rings is 2. The van der Waals surface area contributed by atoms with Gasteiger partial charge in [-0.15, -0.1) is 0 Å². The summed E-state index contributed by atoms with van der Waals surface area (Å²) in [7, 11) is 1.34. The number of ether oxygens (including phenoxy) is 1. The number of carbonyl (C=O) groups is 3. The van der Waals surface area contributed by atoms with Crippen molar-refractivity contribution in [1.82, 2.24) is 14.8 Å². The number of nitrogens with one attached hydrogen (secondary N) is 1. The van der Waals surface area contributed by atoms with Gasteiger partial charge in [-0.25, -0.2) is 4.79 Å². The topological polar surface area (TPSA) is 80.6 Å². The van der Waals surface area contributed by atoms with Crippen LogP contribution in [0.2, 0.25) is 0 Å². The number of methoxy groups -OCH3 is 1. The van der Waals surface area contributed by atoms with Crippen LogP contribution in [-0.2, 0) is 27.4 Å². The molecule has 7 nitrogen and oxygen atoms in total. The van der Waals surface area contributed by atoms with Gasteiger partial charge in [-0.2, -0.15) is 0 Å². The monoisotopic (exact) mass is 389 g/mol. The van der Waals surface area contributed by atoms with E-state index in [-0.39, 0.29) is 30.7 Å². The van der Waals surface area contributed by atoms with Crippen LogP contribution in [0.15, 0.2) is 66.5 Å². The molecule has 3 aromatic rings. The second-order valence-electron chi connectivity index (χ2n) is 6.67. The molecule has 146 valence electrons. The Bertz CT molecular complexity index is 1130. The first-order valence-electron chi connectivity index (χ1n) is 9.10. The number of amides is 3. The quantitative estimate of drug-likeness (QED) is 0.413. The standard InChI is InChI=1S/C22H19N3O4/c1-29-20(26)14-24-13-16(17-9-5-6-10-19(17)24)11-18-21(27)25(22(28)23-18)12-15-7-3-2-4-8-15/h2-11,13H,12,14H2,1H3,(H,23,28)/b18-11+. The van der Waals surface area contributed by atoms with Crippen LogP contribution in [0, 0.1) is 0 Å². The third-order valence-electron chi connectivity index (χ3n) is 4.79. The van der Waals surface area contributed by atoms with Gasteiger partial charge in [0.2, 0.25) is 0 Å². The number of esters is 1. The minimum Gasteiger partial charge on any atom is -0.468 e. The number of hydrogen-bond donors (Lipinski definition) is 1. The Morgan fingerprint density at radius 3 is 2.55 bits per heavy atom. The van der Waals surface area contributed by atoms with Gasteiger partial charge in [-0.3, -0.25) is 14.5 Å². The molecule has 0 aliphatic carbocycles. The Morgan fingerprint density at radius 1 is 1.07 bits per heavy atom. The van der Waals surface area contributed by atoms with E-state index >= 15 is 0 Å². The van der Waals surface area contributed by atoms with Crippen LogP contribution in [0.1, 0.15) is 11.1 Å². The molecule has 1 saturated heterocycles. The average molecular weight is 389 g/mol. The van der Waals surface area contributed by atoms with Crippen molar-refractivity contribution in [3.63, 3.8) is 0 Å². The number of urea groups is 1. The van der Waals surface area contributed by atoms with E-state index in [9.17, 15) is 14.4 Å². The van der Waals surface area contributed by atoms with E-state index in [1.54, 1.807) is 16.8 Å². The number of carbonyl (C=O) groups excluding carboxylic acids is 3. The van der Waals surface area contributed by atoms with Gasteiger partial charge >= 0.3 is 12.0 Å². The average Bonchev–Trinajstić information content (AvgIpc) is 3.21. The molecule has 1 aliphatic rings. The fourth-order valence-electron chi connectivity index (χ4n) is 3.36. The summed E-state index contributed by atoms with van der Waals surface area (Å²) in [6.45, 7) is 0.258. The first-order valence-corrected chi connectivity index (χ1v) is 9.10. The van der Waals surface area contributed by atoms with Crippen LogP contribution in [0.5, 0.6) is 0 Å². The fourth-order valence-corrected chi connectivity index (χ4v) is 3.36. The van der Waals surface area contributed by atoms with Crippen molar-refractivity contribution in [2.75, 3.05) is 7.11 Å². The number of para-hydroxylation sites is 1. The van der Waals surface area contributed by atoms with Gasteiger partial charge in [0, 0.05) is 22.7 Å². The van der Waals surface area contributed by atoms with Crippen LogP contribution in [0.3, 0.4) is 0 Å². The number of imide groups is 1. The van der Waals surface area contributed by atoms with Crippen molar-refractivity contribution < 1.29 is 19.1 Å². The number of fused-ring (bicyclic) bond motifs is 1. The van der Waals surface area contributed by atoms with Gasteiger partial charge in [-0.1, -0.05) is 48.5 Å². The third-order valence-corrected chi connectivity index (χ3v) is 4.79. The first-order chi connectivity index (χ1) is 14.1. The maximum Gasteiger partial charge on any atom is 0.329 e. The molecular weight excluding hydrogens is 370 g/mol. The SMILES string of the molecule is COC(=O)Cn1cc(/C=C2/NC(=O)N(Cc3ccccc3)C2=O)c2ccccc21. The van der Waals surface area contributed by atoms with Crippen molar-refractivity contribution >= 4 is 34.9 Å². The largest absolute Gasteiger partial charge is 0.468 e. The van der Waals surface area contributed by atoms with Crippen LogP contribution in [0.4, 0.5) is 4.79 Å². The summed E-state index contributed by atoms with van der Waals surface area (Å²) in [5, 5.41) is 3.51. The van der Waals surface area contributed by atoms with Crippen molar-refractivity contribution in [3.05, 3.63) is 77.6 Å².